The van der Waals surface area contributed by atoms with Crippen molar-refractivity contribution < 1.29 is 22.7 Å². The van der Waals surface area contributed by atoms with Crippen LogP contribution in [-0.4, -0.2) is 53.0 Å². The molecule has 226 valence electrons. The highest BCUT2D eigenvalue weighted by molar-refractivity contribution is 7.19. The second kappa shape index (κ2) is 13.3. The standard InChI is InChI=1S/C30H25ClF3N7O2S/c1-41(2)12-13-43-24-9-7-17(15-19(24)31)38-30-36-11-10-23(39-30)27-26(40-29(35)44-27)18-14-16(6-8-20(18)32)37-28(42)25-21(33)4-3-5-22(25)34/h3-11,14-15H,12-13H2,1-2H3,(H2,35,40)(H,37,42)(H,36,38,39). The van der Waals surface area contributed by atoms with E-state index in [4.69, 9.17) is 22.1 Å². The minimum absolute atomic E-state index is 0.00971. The number of nitrogens with zero attached hydrogens (tertiary/aromatic N) is 4. The third-order valence-corrected chi connectivity index (χ3v) is 7.39. The zero-order chi connectivity index (χ0) is 31.4. The van der Waals surface area contributed by atoms with Crippen LogP contribution in [-0.2, 0) is 0 Å². The van der Waals surface area contributed by atoms with Gasteiger partial charge in [0.05, 0.1) is 21.3 Å². The molecule has 44 heavy (non-hydrogen) atoms. The Balaban J connectivity index is 1.39. The summed E-state index contributed by atoms with van der Waals surface area (Å²) in [6, 6.07) is 13.6. The summed E-state index contributed by atoms with van der Waals surface area (Å²) in [5.74, 6) is -2.99. The van der Waals surface area contributed by atoms with Gasteiger partial charge in [-0.2, -0.15) is 0 Å². The minimum Gasteiger partial charge on any atom is -0.491 e. The van der Waals surface area contributed by atoms with E-state index in [1.807, 2.05) is 19.0 Å². The van der Waals surface area contributed by atoms with E-state index in [1.54, 1.807) is 24.3 Å². The number of nitrogens with two attached hydrogens (primary N) is 1. The number of carbonyl (C=O) groups is 1. The number of ether oxygens (including phenoxy) is 1. The van der Waals surface area contributed by atoms with E-state index in [0.29, 0.717) is 33.6 Å². The largest absolute Gasteiger partial charge is 0.491 e. The van der Waals surface area contributed by atoms with Crippen LogP contribution in [0.15, 0.2) is 66.9 Å². The Kier molecular flexibility index (Phi) is 9.28. The summed E-state index contributed by atoms with van der Waals surface area (Å²) < 4.78 is 49.1. The lowest BCUT2D eigenvalue weighted by Gasteiger charge is -2.13. The lowest BCUT2D eigenvalue weighted by Crippen LogP contribution is -2.19. The first-order chi connectivity index (χ1) is 21.1. The lowest BCUT2D eigenvalue weighted by atomic mass is 10.1. The number of thiazole rings is 1. The van der Waals surface area contributed by atoms with Crippen LogP contribution < -0.4 is 21.1 Å². The van der Waals surface area contributed by atoms with Crippen molar-refractivity contribution in [1.82, 2.24) is 19.9 Å². The van der Waals surface area contributed by atoms with E-state index in [1.165, 1.54) is 18.3 Å². The van der Waals surface area contributed by atoms with Crippen molar-refractivity contribution >= 4 is 51.3 Å². The summed E-state index contributed by atoms with van der Waals surface area (Å²) in [6.45, 7) is 1.21. The Hall–Kier alpha value is -4.72. The van der Waals surface area contributed by atoms with Crippen LogP contribution in [0.25, 0.3) is 21.8 Å². The first kappa shape index (κ1) is 30.7. The van der Waals surface area contributed by atoms with E-state index in [2.05, 4.69) is 25.6 Å². The molecule has 14 heteroatoms. The molecule has 0 atom stereocenters. The smallest absolute Gasteiger partial charge is 0.261 e. The number of amides is 1. The van der Waals surface area contributed by atoms with Gasteiger partial charge < -0.3 is 26.0 Å². The molecule has 0 fully saturated rings. The maximum atomic E-state index is 15.1. The minimum atomic E-state index is -1.03. The first-order valence-electron chi connectivity index (χ1n) is 13.1. The molecule has 0 radical (unpaired) electrons. The van der Waals surface area contributed by atoms with Gasteiger partial charge in [0, 0.05) is 29.7 Å². The third kappa shape index (κ3) is 7.08. The van der Waals surface area contributed by atoms with Crippen LogP contribution in [0.5, 0.6) is 5.75 Å². The molecular weight excluding hydrogens is 615 g/mol. The second-order valence-electron chi connectivity index (χ2n) is 9.66. The molecule has 0 bridgehead atoms. The van der Waals surface area contributed by atoms with Gasteiger partial charge in [0.25, 0.3) is 5.91 Å². The molecule has 0 saturated carbocycles. The number of carbonyl (C=O) groups excluding carboxylic acids is 1. The van der Waals surface area contributed by atoms with E-state index in [9.17, 15) is 13.6 Å². The Morgan fingerprint density at radius 2 is 1.75 bits per heavy atom. The van der Waals surface area contributed by atoms with Gasteiger partial charge in [0.15, 0.2) is 5.13 Å². The molecule has 3 aromatic carbocycles. The van der Waals surface area contributed by atoms with Gasteiger partial charge in [-0.05, 0) is 68.7 Å². The number of nitrogens with one attached hydrogen (secondary N) is 2. The predicted octanol–water partition coefficient (Wildman–Crippen LogP) is 6.86. The van der Waals surface area contributed by atoms with Gasteiger partial charge in [0.1, 0.15) is 35.4 Å². The zero-order valence-corrected chi connectivity index (χ0v) is 24.9. The molecule has 0 spiro atoms. The summed E-state index contributed by atoms with van der Waals surface area (Å²) in [7, 11) is 3.89. The summed E-state index contributed by atoms with van der Waals surface area (Å²) in [5.41, 5.74) is 6.50. The molecule has 4 N–H and O–H groups in total. The third-order valence-electron chi connectivity index (χ3n) is 6.19. The van der Waals surface area contributed by atoms with Crippen LogP contribution in [0, 0.1) is 17.5 Å². The van der Waals surface area contributed by atoms with Crippen molar-refractivity contribution in [1.29, 1.82) is 0 Å². The van der Waals surface area contributed by atoms with Gasteiger partial charge in [-0.3, -0.25) is 4.79 Å². The average Bonchev–Trinajstić information content (AvgIpc) is 3.36. The van der Waals surface area contributed by atoms with E-state index < -0.39 is 28.9 Å². The number of halogens is 4. The average molecular weight is 640 g/mol. The molecular formula is C30H25ClF3N7O2S. The Labute approximate surface area is 259 Å². The highest BCUT2D eigenvalue weighted by Gasteiger charge is 2.21. The van der Waals surface area contributed by atoms with E-state index in [-0.39, 0.29) is 28.0 Å². The predicted molar refractivity (Wildman–Crippen MR) is 166 cm³/mol. The molecule has 2 heterocycles. The van der Waals surface area contributed by atoms with Crippen molar-refractivity contribution in [3.8, 4) is 27.6 Å². The molecule has 2 aromatic heterocycles. The zero-order valence-electron chi connectivity index (χ0n) is 23.4. The molecule has 0 unspecified atom stereocenters. The van der Waals surface area contributed by atoms with Crippen LogP contribution in [0.1, 0.15) is 10.4 Å². The number of hydrogen-bond donors (Lipinski definition) is 3. The fourth-order valence-corrected chi connectivity index (χ4v) is 5.15. The molecule has 5 aromatic rings. The SMILES string of the molecule is CN(C)CCOc1ccc(Nc2nccc(-c3sc(N)nc3-c3cc(NC(=O)c4c(F)cccc4F)ccc3F)n2)cc1Cl. The quantitative estimate of drug-likeness (QED) is 0.152. The Morgan fingerprint density at radius 3 is 2.48 bits per heavy atom. The van der Waals surface area contributed by atoms with E-state index in [0.717, 1.165) is 42.1 Å². The lowest BCUT2D eigenvalue weighted by molar-refractivity contribution is 0.101. The fourth-order valence-electron chi connectivity index (χ4n) is 4.09. The normalized spacial score (nSPS) is 11.1. The molecule has 5 rings (SSSR count). The van der Waals surface area contributed by atoms with Gasteiger partial charge >= 0.3 is 0 Å². The Bertz CT molecular complexity index is 1820. The number of benzene rings is 3. The van der Waals surface area contributed by atoms with Crippen LogP contribution in [0.4, 0.5) is 35.6 Å². The van der Waals surface area contributed by atoms with Gasteiger partial charge in [-0.25, -0.2) is 28.1 Å². The van der Waals surface area contributed by atoms with Crippen molar-refractivity contribution in [2.75, 3.05) is 43.6 Å². The molecule has 9 nitrogen and oxygen atoms in total. The number of nitrogen functional groups attached to an aromatic ring is 1. The number of hydrogen-bond acceptors (Lipinski definition) is 9. The highest BCUT2D eigenvalue weighted by Crippen LogP contribution is 2.39. The van der Waals surface area contributed by atoms with Crippen LogP contribution >= 0.6 is 22.9 Å². The number of likely N-dealkylation sites (N-methyl/N-ethyl adjacent to an activating group) is 1. The van der Waals surface area contributed by atoms with Crippen molar-refractivity contribution in [2.45, 2.75) is 0 Å². The molecule has 0 aliphatic rings. The second-order valence-corrected chi connectivity index (χ2v) is 11.1. The highest BCUT2D eigenvalue weighted by atomic mass is 35.5. The maximum Gasteiger partial charge on any atom is 0.261 e. The fraction of sp³-hybridized carbons (Fsp3) is 0.133. The molecule has 1 amide bonds. The number of rotatable bonds is 10. The summed E-state index contributed by atoms with van der Waals surface area (Å²) >= 11 is 7.47. The summed E-state index contributed by atoms with van der Waals surface area (Å²) in [5, 5.41) is 6.04. The number of anilines is 4. The monoisotopic (exact) mass is 639 g/mol. The first-order valence-corrected chi connectivity index (χ1v) is 14.3. The summed E-state index contributed by atoms with van der Waals surface area (Å²) in [6.07, 6.45) is 1.51. The van der Waals surface area contributed by atoms with Gasteiger partial charge in [-0.1, -0.05) is 29.0 Å². The maximum absolute atomic E-state index is 15.1. The number of aromatic nitrogens is 3. The summed E-state index contributed by atoms with van der Waals surface area (Å²) in [4.78, 5) is 28.2. The van der Waals surface area contributed by atoms with Crippen LogP contribution in [0.3, 0.4) is 0 Å². The van der Waals surface area contributed by atoms with Gasteiger partial charge in [-0.15, -0.1) is 0 Å². The molecule has 0 saturated heterocycles. The van der Waals surface area contributed by atoms with Gasteiger partial charge in [0.2, 0.25) is 5.95 Å². The van der Waals surface area contributed by atoms with E-state index >= 15 is 4.39 Å². The van der Waals surface area contributed by atoms with Crippen molar-refractivity contribution in [2.24, 2.45) is 0 Å². The topological polar surface area (TPSA) is 118 Å². The van der Waals surface area contributed by atoms with Crippen molar-refractivity contribution in [3.05, 3.63) is 94.9 Å². The molecule has 0 aliphatic heterocycles. The molecule has 0 aliphatic carbocycles. The van der Waals surface area contributed by atoms with Crippen LogP contribution in [0.2, 0.25) is 5.02 Å². The van der Waals surface area contributed by atoms with Crippen molar-refractivity contribution in [3.63, 3.8) is 0 Å². The Morgan fingerprint density at radius 1 is 1.00 bits per heavy atom.